The average Bonchev–Trinajstić information content (AvgIpc) is 2.72. The molecule has 0 amide bonds. The van der Waals surface area contributed by atoms with E-state index < -0.39 is 0 Å². The number of carbonyl (C=O) groups is 1. The van der Waals surface area contributed by atoms with Crippen LogP contribution in [0.2, 0.25) is 0 Å². The van der Waals surface area contributed by atoms with E-state index in [0.29, 0.717) is 11.4 Å². The molecule has 1 aromatic heterocycles. The van der Waals surface area contributed by atoms with Crippen LogP contribution < -0.4 is 0 Å². The van der Waals surface area contributed by atoms with E-state index in [0.717, 1.165) is 24.0 Å². The van der Waals surface area contributed by atoms with Gasteiger partial charge in [0.15, 0.2) is 0 Å². The molecule has 1 aliphatic heterocycles. The van der Waals surface area contributed by atoms with Gasteiger partial charge in [-0.25, -0.2) is 0 Å². The van der Waals surface area contributed by atoms with Crippen molar-refractivity contribution in [3.05, 3.63) is 41.0 Å². The summed E-state index contributed by atoms with van der Waals surface area (Å²) in [6.45, 7) is 0. The van der Waals surface area contributed by atoms with Crippen molar-refractivity contribution in [2.45, 2.75) is 19.3 Å². The number of rotatable bonds is 0. The highest BCUT2D eigenvalue weighted by molar-refractivity contribution is 5.91. The zero-order chi connectivity index (χ0) is 11.1. The van der Waals surface area contributed by atoms with Crippen molar-refractivity contribution in [2.75, 3.05) is 0 Å². The van der Waals surface area contributed by atoms with Gasteiger partial charge in [0.2, 0.25) is 17.8 Å². The number of hydrogen-bond donors (Lipinski definition) is 0. The third-order valence-corrected chi connectivity index (χ3v) is 3.23. The fourth-order valence-corrected chi connectivity index (χ4v) is 2.42. The lowest BCUT2D eigenvalue weighted by Gasteiger charge is -2.18. The first-order valence-corrected chi connectivity index (χ1v) is 5.50. The molecule has 16 heavy (non-hydrogen) atoms. The molecule has 3 rings (SSSR count). The van der Waals surface area contributed by atoms with Crippen LogP contribution in [0, 0.1) is 11.1 Å². The molecule has 0 N–H and O–H groups in total. The van der Waals surface area contributed by atoms with Gasteiger partial charge in [0.25, 0.3) is 0 Å². The van der Waals surface area contributed by atoms with Gasteiger partial charge in [-0.15, -0.1) is 0 Å². The van der Waals surface area contributed by atoms with Gasteiger partial charge in [0.05, 0.1) is 0 Å². The van der Waals surface area contributed by atoms with Crippen molar-refractivity contribution in [1.29, 1.82) is 0 Å². The van der Waals surface area contributed by atoms with Crippen LogP contribution in [0.5, 0.6) is 0 Å². The van der Waals surface area contributed by atoms with Crippen LogP contribution in [0.4, 0.5) is 0 Å². The molecular formula is C12H12N2O2. The van der Waals surface area contributed by atoms with Crippen LogP contribution in [0.15, 0.2) is 30.1 Å². The minimum Gasteiger partial charge on any atom is -0.618 e. The Morgan fingerprint density at radius 3 is 3.25 bits per heavy atom. The van der Waals surface area contributed by atoms with Gasteiger partial charge in [-0.3, -0.25) is 9.36 Å². The Bertz CT molecular complexity index is 511. The molecule has 0 spiro atoms. The van der Waals surface area contributed by atoms with Crippen molar-refractivity contribution in [2.24, 2.45) is 5.92 Å². The molecule has 1 aliphatic carbocycles. The molecule has 2 aliphatic rings. The minimum absolute atomic E-state index is 0.0144. The van der Waals surface area contributed by atoms with Crippen molar-refractivity contribution in [3.63, 3.8) is 0 Å². The summed E-state index contributed by atoms with van der Waals surface area (Å²) < 4.78 is 2.42. The third-order valence-electron chi connectivity index (χ3n) is 3.23. The van der Waals surface area contributed by atoms with E-state index in [1.165, 1.54) is 6.21 Å². The first kappa shape index (κ1) is 9.39. The SMILES string of the molecule is O=C1[C@@H]2CCCC=C2[N+]([O-])=Cc2cccn21. The lowest BCUT2D eigenvalue weighted by Crippen LogP contribution is -2.26. The average molecular weight is 216 g/mol. The predicted octanol–water partition coefficient (Wildman–Crippen LogP) is 1.76. The van der Waals surface area contributed by atoms with Crippen LogP contribution in [0.1, 0.15) is 29.8 Å². The molecule has 82 valence electrons. The number of hydroxylamine groups is 1. The Labute approximate surface area is 93.1 Å². The molecule has 4 heteroatoms. The first-order chi connectivity index (χ1) is 7.77. The van der Waals surface area contributed by atoms with Gasteiger partial charge in [0, 0.05) is 6.20 Å². The lowest BCUT2D eigenvalue weighted by atomic mass is 9.91. The highest BCUT2D eigenvalue weighted by atomic mass is 16.5. The van der Waals surface area contributed by atoms with E-state index in [2.05, 4.69) is 0 Å². The Kier molecular flexibility index (Phi) is 1.96. The van der Waals surface area contributed by atoms with Gasteiger partial charge in [-0.1, -0.05) is 0 Å². The van der Waals surface area contributed by atoms with E-state index in [1.807, 2.05) is 6.08 Å². The van der Waals surface area contributed by atoms with Gasteiger partial charge in [-0.2, -0.15) is 4.74 Å². The summed E-state index contributed by atoms with van der Waals surface area (Å²) in [6, 6.07) is 3.57. The normalized spacial score (nSPS) is 24.0. The molecule has 0 bridgehead atoms. The predicted molar refractivity (Wildman–Crippen MR) is 59.3 cm³/mol. The number of allylic oxidation sites excluding steroid dienone is 2. The molecule has 1 atom stereocenters. The van der Waals surface area contributed by atoms with E-state index in [4.69, 9.17) is 0 Å². The fourth-order valence-electron chi connectivity index (χ4n) is 2.42. The van der Waals surface area contributed by atoms with E-state index in [1.54, 1.807) is 22.9 Å². The van der Waals surface area contributed by atoms with Crippen molar-refractivity contribution in [3.8, 4) is 0 Å². The van der Waals surface area contributed by atoms with E-state index >= 15 is 0 Å². The number of hydrogen-bond acceptors (Lipinski definition) is 2. The molecular weight excluding hydrogens is 204 g/mol. The monoisotopic (exact) mass is 216 g/mol. The molecule has 0 fully saturated rings. The van der Waals surface area contributed by atoms with E-state index in [9.17, 15) is 10.0 Å². The molecule has 0 unspecified atom stereocenters. The topological polar surface area (TPSA) is 48.1 Å². The zero-order valence-electron chi connectivity index (χ0n) is 8.80. The summed E-state index contributed by atoms with van der Waals surface area (Å²) in [7, 11) is 0. The van der Waals surface area contributed by atoms with Gasteiger partial charge >= 0.3 is 0 Å². The van der Waals surface area contributed by atoms with Gasteiger partial charge in [-0.05, 0) is 37.5 Å². The lowest BCUT2D eigenvalue weighted by molar-refractivity contribution is -0.403. The number of aromatic nitrogens is 1. The van der Waals surface area contributed by atoms with Crippen molar-refractivity contribution >= 4 is 12.1 Å². The van der Waals surface area contributed by atoms with Crippen LogP contribution in [0.3, 0.4) is 0 Å². The maximum atomic E-state index is 12.2. The van der Waals surface area contributed by atoms with Crippen molar-refractivity contribution in [1.82, 2.24) is 4.57 Å². The third kappa shape index (κ3) is 1.23. The van der Waals surface area contributed by atoms with Crippen LogP contribution in [-0.2, 0) is 0 Å². The Balaban J connectivity index is 2.19. The minimum atomic E-state index is -0.267. The van der Waals surface area contributed by atoms with Crippen LogP contribution in [0.25, 0.3) is 0 Å². The van der Waals surface area contributed by atoms with Crippen molar-refractivity contribution < 1.29 is 9.53 Å². The van der Waals surface area contributed by atoms with E-state index in [-0.39, 0.29) is 11.8 Å². The maximum absolute atomic E-state index is 12.2. The highest BCUT2D eigenvalue weighted by Gasteiger charge is 2.34. The van der Waals surface area contributed by atoms with Crippen LogP contribution in [-0.4, -0.2) is 21.4 Å². The Morgan fingerprint density at radius 2 is 2.38 bits per heavy atom. The summed E-state index contributed by atoms with van der Waals surface area (Å²) in [6.07, 6.45) is 7.73. The summed E-state index contributed by atoms with van der Waals surface area (Å²) in [5, 5.41) is 11.9. The number of fused-ring (bicyclic) bond motifs is 2. The fraction of sp³-hybridized carbons (Fsp3) is 0.333. The molecule has 2 heterocycles. The molecule has 0 aromatic carbocycles. The summed E-state index contributed by atoms with van der Waals surface area (Å²) in [5.74, 6) is -0.253. The summed E-state index contributed by atoms with van der Waals surface area (Å²) in [4.78, 5) is 12.2. The summed E-state index contributed by atoms with van der Waals surface area (Å²) >= 11 is 0. The number of carbonyl (C=O) groups excluding carboxylic acids is 1. The standard InChI is InChI=1S/C12H12N2O2/c15-12-10-5-1-2-6-11(10)14(16)8-9-4-3-7-13(9)12/h3-4,6-8,10H,1-2,5H2/t10-/m1/s1. The van der Waals surface area contributed by atoms with Gasteiger partial charge in [0.1, 0.15) is 11.6 Å². The number of nitrogens with zero attached hydrogens (tertiary/aromatic N) is 2. The molecule has 0 saturated heterocycles. The smallest absolute Gasteiger partial charge is 0.245 e. The molecule has 0 saturated carbocycles. The maximum Gasteiger partial charge on any atom is 0.245 e. The summed E-state index contributed by atoms with van der Waals surface area (Å²) in [5.41, 5.74) is 1.27. The van der Waals surface area contributed by atoms with Crippen LogP contribution >= 0.6 is 0 Å². The first-order valence-electron chi connectivity index (χ1n) is 5.50. The molecule has 1 aromatic rings. The Morgan fingerprint density at radius 1 is 1.50 bits per heavy atom. The second kappa shape index (κ2) is 3.33. The highest BCUT2D eigenvalue weighted by Crippen LogP contribution is 2.28. The largest absolute Gasteiger partial charge is 0.618 e. The van der Waals surface area contributed by atoms with Gasteiger partial charge < -0.3 is 5.21 Å². The quantitative estimate of drug-likeness (QED) is 0.490. The second-order valence-corrected chi connectivity index (χ2v) is 4.21. The Hall–Kier alpha value is -1.84. The molecule has 0 radical (unpaired) electrons. The molecule has 4 nitrogen and oxygen atoms in total. The zero-order valence-corrected chi connectivity index (χ0v) is 8.80. The second-order valence-electron chi connectivity index (χ2n) is 4.21.